The topological polar surface area (TPSA) is 57.8 Å². The number of hydrogen-bond acceptors (Lipinski definition) is 4. The Kier molecular flexibility index (Phi) is 10.2. The number of benzene rings is 1. The van der Waals surface area contributed by atoms with Crippen molar-refractivity contribution in [2.75, 3.05) is 0 Å². The number of unbranched alkanes of at least 4 members (excludes halogenated alkanes) is 9. The standard InChI is InChI=1S/C23H33N3O/c1-2-3-4-5-6-7-8-9-10-11-13-20-15-16-23(27)22(18-20)26-25-21-14-12-17-24-19-21/h12,14-19,27H,2-11,13H2,1H3. The normalized spacial score (nSPS) is 11.3. The van der Waals surface area contributed by atoms with E-state index < -0.39 is 0 Å². The first-order chi connectivity index (χ1) is 13.3. The third-order valence-electron chi connectivity index (χ3n) is 4.78. The van der Waals surface area contributed by atoms with E-state index in [9.17, 15) is 5.11 Å². The van der Waals surface area contributed by atoms with Crippen LogP contribution in [0.1, 0.15) is 76.7 Å². The van der Waals surface area contributed by atoms with E-state index in [1.54, 1.807) is 18.5 Å². The predicted molar refractivity (Wildman–Crippen MR) is 112 cm³/mol. The van der Waals surface area contributed by atoms with Gasteiger partial charge in [0.1, 0.15) is 17.1 Å². The molecule has 1 N–H and O–H groups in total. The van der Waals surface area contributed by atoms with Crippen molar-refractivity contribution < 1.29 is 5.11 Å². The lowest BCUT2D eigenvalue weighted by Crippen LogP contribution is -1.87. The molecular formula is C23H33N3O. The van der Waals surface area contributed by atoms with Crippen molar-refractivity contribution in [2.45, 2.75) is 77.6 Å². The zero-order valence-corrected chi connectivity index (χ0v) is 16.6. The summed E-state index contributed by atoms with van der Waals surface area (Å²) < 4.78 is 0. The Bertz CT molecular complexity index is 671. The molecule has 1 heterocycles. The highest BCUT2D eigenvalue weighted by atomic mass is 16.3. The van der Waals surface area contributed by atoms with Crippen LogP contribution in [0.25, 0.3) is 0 Å². The Morgan fingerprint density at radius 1 is 0.852 bits per heavy atom. The van der Waals surface area contributed by atoms with Gasteiger partial charge >= 0.3 is 0 Å². The van der Waals surface area contributed by atoms with Gasteiger partial charge in [0.25, 0.3) is 0 Å². The maximum absolute atomic E-state index is 9.99. The third-order valence-corrected chi connectivity index (χ3v) is 4.78. The number of hydrogen-bond donors (Lipinski definition) is 1. The largest absolute Gasteiger partial charge is 0.506 e. The van der Waals surface area contributed by atoms with Gasteiger partial charge in [-0.25, -0.2) is 0 Å². The van der Waals surface area contributed by atoms with E-state index in [0.29, 0.717) is 11.4 Å². The number of phenols is 1. The van der Waals surface area contributed by atoms with Gasteiger partial charge in [0, 0.05) is 6.20 Å². The molecule has 27 heavy (non-hydrogen) atoms. The summed E-state index contributed by atoms with van der Waals surface area (Å²) in [5.74, 6) is 0.162. The van der Waals surface area contributed by atoms with Gasteiger partial charge in [-0.1, -0.05) is 70.8 Å². The van der Waals surface area contributed by atoms with Gasteiger partial charge in [-0.2, -0.15) is 0 Å². The van der Waals surface area contributed by atoms with Crippen molar-refractivity contribution in [2.24, 2.45) is 10.2 Å². The van der Waals surface area contributed by atoms with Crippen molar-refractivity contribution in [1.82, 2.24) is 4.98 Å². The second-order valence-corrected chi connectivity index (χ2v) is 7.17. The summed E-state index contributed by atoms with van der Waals surface area (Å²) in [5, 5.41) is 18.3. The quantitative estimate of drug-likeness (QED) is 0.292. The Morgan fingerprint density at radius 3 is 2.22 bits per heavy atom. The minimum Gasteiger partial charge on any atom is -0.506 e. The van der Waals surface area contributed by atoms with E-state index in [1.807, 2.05) is 24.3 Å². The monoisotopic (exact) mass is 367 g/mol. The predicted octanol–water partition coefficient (Wildman–Crippen LogP) is 7.67. The third kappa shape index (κ3) is 8.80. The molecule has 1 aromatic carbocycles. The number of aryl methyl sites for hydroxylation is 1. The molecule has 0 radical (unpaired) electrons. The molecule has 4 heteroatoms. The van der Waals surface area contributed by atoms with Gasteiger partial charge in [-0.3, -0.25) is 4.98 Å². The van der Waals surface area contributed by atoms with Crippen LogP contribution >= 0.6 is 0 Å². The Balaban J connectivity index is 1.67. The molecule has 0 aliphatic heterocycles. The molecule has 0 aliphatic rings. The summed E-state index contributed by atoms with van der Waals surface area (Å²) in [4.78, 5) is 4.01. The van der Waals surface area contributed by atoms with E-state index >= 15 is 0 Å². The molecule has 0 saturated carbocycles. The Labute approximate surface area is 163 Å². The molecule has 0 saturated heterocycles. The van der Waals surface area contributed by atoms with E-state index in [2.05, 4.69) is 22.1 Å². The van der Waals surface area contributed by atoms with Crippen molar-refractivity contribution in [3.8, 4) is 5.75 Å². The number of phenolic OH excluding ortho intramolecular Hbond substituents is 1. The van der Waals surface area contributed by atoms with Crippen molar-refractivity contribution in [3.63, 3.8) is 0 Å². The van der Waals surface area contributed by atoms with Crippen LogP contribution in [0.3, 0.4) is 0 Å². The molecule has 1 aromatic heterocycles. The molecule has 0 amide bonds. The number of aromatic nitrogens is 1. The van der Waals surface area contributed by atoms with Crippen LogP contribution in [0.2, 0.25) is 0 Å². The molecule has 0 fully saturated rings. The summed E-state index contributed by atoms with van der Waals surface area (Å²) in [6.45, 7) is 2.26. The SMILES string of the molecule is CCCCCCCCCCCCc1ccc(O)c(N=Nc2cccnc2)c1. The van der Waals surface area contributed by atoms with Crippen LogP contribution in [0.15, 0.2) is 53.0 Å². The van der Waals surface area contributed by atoms with Gasteiger partial charge in [-0.05, 0) is 42.7 Å². The van der Waals surface area contributed by atoms with Crippen molar-refractivity contribution >= 4 is 11.4 Å². The fourth-order valence-corrected chi connectivity index (χ4v) is 3.15. The van der Waals surface area contributed by atoms with Crippen LogP contribution in [0.5, 0.6) is 5.75 Å². The van der Waals surface area contributed by atoms with Gasteiger partial charge in [0.15, 0.2) is 0 Å². The maximum atomic E-state index is 9.99. The summed E-state index contributed by atoms with van der Waals surface area (Å²) in [5.41, 5.74) is 2.40. The Hall–Kier alpha value is -2.23. The molecule has 0 spiro atoms. The zero-order chi connectivity index (χ0) is 19.2. The number of rotatable bonds is 13. The van der Waals surface area contributed by atoms with Gasteiger partial charge in [0.05, 0.1) is 6.20 Å². The molecule has 0 bridgehead atoms. The molecule has 0 aliphatic carbocycles. The molecule has 4 nitrogen and oxygen atoms in total. The van der Waals surface area contributed by atoms with Crippen LogP contribution < -0.4 is 0 Å². The summed E-state index contributed by atoms with van der Waals surface area (Å²) in [6.07, 6.45) is 17.8. The number of pyridine rings is 1. The molecule has 2 rings (SSSR count). The first kappa shape index (κ1) is 21.1. The zero-order valence-electron chi connectivity index (χ0n) is 16.6. The minimum absolute atomic E-state index is 0.162. The van der Waals surface area contributed by atoms with Crippen LogP contribution in [-0.4, -0.2) is 10.1 Å². The average Bonchev–Trinajstić information content (AvgIpc) is 2.70. The minimum atomic E-state index is 0.162. The van der Waals surface area contributed by atoms with Crippen molar-refractivity contribution in [3.05, 3.63) is 48.3 Å². The first-order valence-electron chi connectivity index (χ1n) is 10.4. The highest BCUT2D eigenvalue weighted by Crippen LogP contribution is 2.29. The van der Waals surface area contributed by atoms with Gasteiger partial charge in [0.2, 0.25) is 0 Å². The number of nitrogens with zero attached hydrogens (tertiary/aromatic N) is 3. The smallest absolute Gasteiger partial charge is 0.143 e. The Morgan fingerprint density at radius 2 is 1.56 bits per heavy atom. The molecule has 0 unspecified atom stereocenters. The van der Waals surface area contributed by atoms with Crippen LogP contribution in [0, 0.1) is 0 Å². The van der Waals surface area contributed by atoms with E-state index in [-0.39, 0.29) is 5.75 Å². The highest BCUT2D eigenvalue weighted by molar-refractivity contribution is 5.52. The summed E-state index contributed by atoms with van der Waals surface area (Å²) in [7, 11) is 0. The molecule has 2 aromatic rings. The lowest BCUT2D eigenvalue weighted by Gasteiger charge is -2.05. The fourth-order valence-electron chi connectivity index (χ4n) is 3.15. The summed E-state index contributed by atoms with van der Waals surface area (Å²) >= 11 is 0. The van der Waals surface area contributed by atoms with Crippen LogP contribution in [0.4, 0.5) is 11.4 Å². The number of aromatic hydroxyl groups is 1. The van der Waals surface area contributed by atoms with E-state index in [4.69, 9.17) is 0 Å². The van der Waals surface area contributed by atoms with Gasteiger partial charge < -0.3 is 5.11 Å². The van der Waals surface area contributed by atoms with E-state index in [1.165, 1.54) is 69.8 Å². The second kappa shape index (κ2) is 13.0. The lowest BCUT2D eigenvalue weighted by atomic mass is 10.0. The highest BCUT2D eigenvalue weighted by Gasteiger charge is 2.03. The van der Waals surface area contributed by atoms with Gasteiger partial charge in [-0.15, -0.1) is 10.2 Å². The average molecular weight is 368 g/mol. The molecule has 146 valence electrons. The molecular weight excluding hydrogens is 334 g/mol. The number of azo groups is 1. The first-order valence-corrected chi connectivity index (χ1v) is 10.4. The van der Waals surface area contributed by atoms with Crippen molar-refractivity contribution in [1.29, 1.82) is 0 Å². The second-order valence-electron chi connectivity index (χ2n) is 7.17. The van der Waals surface area contributed by atoms with Crippen LogP contribution in [-0.2, 0) is 6.42 Å². The molecule has 0 atom stereocenters. The maximum Gasteiger partial charge on any atom is 0.143 e. The fraction of sp³-hybridized carbons (Fsp3) is 0.522. The lowest BCUT2D eigenvalue weighted by molar-refractivity contribution is 0.476. The summed E-state index contributed by atoms with van der Waals surface area (Å²) in [6, 6.07) is 9.27. The van der Waals surface area contributed by atoms with E-state index in [0.717, 1.165) is 6.42 Å².